The first kappa shape index (κ1) is 17.9. The monoisotopic (exact) mass is 404 g/mol. The van der Waals surface area contributed by atoms with Gasteiger partial charge in [0, 0.05) is 6.42 Å². The van der Waals surface area contributed by atoms with E-state index in [4.69, 9.17) is 25.8 Å². The van der Waals surface area contributed by atoms with E-state index in [9.17, 15) is 4.79 Å². The first-order chi connectivity index (χ1) is 13.1. The highest BCUT2D eigenvalue weighted by Crippen LogP contribution is 2.38. The van der Waals surface area contributed by atoms with Crippen molar-refractivity contribution in [3.63, 3.8) is 0 Å². The molecule has 1 aromatic heterocycles. The highest BCUT2D eigenvalue weighted by Gasteiger charge is 2.17. The van der Waals surface area contributed by atoms with Gasteiger partial charge in [-0.3, -0.25) is 4.79 Å². The number of hydrogen-bond donors (Lipinski definition) is 1. The Kier molecular flexibility index (Phi) is 5.05. The number of benzene rings is 2. The van der Waals surface area contributed by atoms with Crippen molar-refractivity contribution in [3.8, 4) is 17.2 Å². The highest BCUT2D eigenvalue weighted by molar-refractivity contribution is 7.22. The van der Waals surface area contributed by atoms with Crippen molar-refractivity contribution in [2.24, 2.45) is 0 Å². The van der Waals surface area contributed by atoms with Crippen LogP contribution in [0.4, 0.5) is 5.13 Å². The Hall–Kier alpha value is -2.51. The van der Waals surface area contributed by atoms with Gasteiger partial charge in [0.2, 0.25) is 5.91 Å². The second-order valence-corrected chi connectivity index (χ2v) is 7.44. The zero-order valence-corrected chi connectivity index (χ0v) is 16.2. The normalized spacial score (nSPS) is 13.3. The lowest BCUT2D eigenvalue weighted by Gasteiger charge is -2.11. The minimum atomic E-state index is -0.182. The van der Waals surface area contributed by atoms with Gasteiger partial charge in [-0.15, -0.1) is 0 Å². The lowest BCUT2D eigenvalue weighted by atomic mass is 10.1. The number of methoxy groups -OCH3 is 1. The molecule has 0 saturated heterocycles. The zero-order chi connectivity index (χ0) is 18.8. The van der Waals surface area contributed by atoms with E-state index in [2.05, 4.69) is 10.3 Å². The van der Waals surface area contributed by atoms with Crippen molar-refractivity contribution in [1.82, 2.24) is 4.98 Å². The van der Waals surface area contributed by atoms with Crippen LogP contribution in [0.15, 0.2) is 30.3 Å². The average molecular weight is 405 g/mol. The van der Waals surface area contributed by atoms with E-state index < -0.39 is 0 Å². The summed E-state index contributed by atoms with van der Waals surface area (Å²) in [5, 5.41) is 3.81. The third kappa shape index (κ3) is 3.79. The van der Waals surface area contributed by atoms with Gasteiger partial charge in [0.05, 0.1) is 36.5 Å². The molecule has 0 spiro atoms. The number of nitrogens with zero attached hydrogens (tertiary/aromatic N) is 1. The van der Waals surface area contributed by atoms with Gasteiger partial charge < -0.3 is 19.5 Å². The van der Waals surface area contributed by atoms with Gasteiger partial charge in [0.25, 0.3) is 0 Å². The third-order valence-electron chi connectivity index (χ3n) is 4.07. The van der Waals surface area contributed by atoms with Crippen molar-refractivity contribution in [2.75, 3.05) is 25.6 Å². The number of fused-ring (bicyclic) bond motifs is 2. The van der Waals surface area contributed by atoms with Gasteiger partial charge in [-0.05, 0) is 29.8 Å². The number of ether oxygens (including phenoxy) is 3. The second-order valence-electron chi connectivity index (χ2n) is 6.01. The van der Waals surface area contributed by atoms with Gasteiger partial charge in [-0.2, -0.15) is 0 Å². The Labute approximate surface area is 165 Å². The lowest BCUT2D eigenvalue weighted by molar-refractivity contribution is -0.115. The summed E-state index contributed by atoms with van der Waals surface area (Å²) in [7, 11) is 1.60. The summed E-state index contributed by atoms with van der Waals surface area (Å²) in [5.41, 5.74) is 1.49. The summed E-state index contributed by atoms with van der Waals surface area (Å²) in [4.78, 5) is 16.9. The average Bonchev–Trinajstić information content (AvgIpc) is 2.89. The third-order valence-corrected chi connectivity index (χ3v) is 5.29. The molecule has 0 fully saturated rings. The summed E-state index contributed by atoms with van der Waals surface area (Å²) in [5.74, 6) is 1.61. The molecule has 3 aromatic rings. The minimum Gasteiger partial charge on any atom is -0.494 e. The molecule has 0 bridgehead atoms. The van der Waals surface area contributed by atoms with Gasteiger partial charge in [-0.1, -0.05) is 29.0 Å². The Balaban J connectivity index is 1.51. The zero-order valence-electron chi connectivity index (χ0n) is 14.6. The molecule has 1 aliphatic rings. The molecular weight excluding hydrogens is 388 g/mol. The molecular formula is C19H17ClN2O4S. The summed E-state index contributed by atoms with van der Waals surface area (Å²) in [6, 6.07) is 9.20. The topological polar surface area (TPSA) is 69.7 Å². The first-order valence-corrected chi connectivity index (χ1v) is 9.65. The molecule has 1 aliphatic heterocycles. The van der Waals surface area contributed by atoms with E-state index in [-0.39, 0.29) is 12.3 Å². The van der Waals surface area contributed by atoms with Crippen LogP contribution in [-0.4, -0.2) is 31.2 Å². The standard InChI is InChI=1S/C19H17ClN2O4S/c1-24-13-4-2-5-15-17(13)22-19(27-15)21-16(23)10-11-8-12(20)18-14(9-11)25-6-3-7-26-18/h2,4-5,8-9H,3,6-7,10H2,1H3,(H,21,22,23). The summed E-state index contributed by atoms with van der Waals surface area (Å²) < 4.78 is 17.5. The van der Waals surface area contributed by atoms with Crippen molar-refractivity contribution in [3.05, 3.63) is 40.9 Å². The Morgan fingerprint density at radius 3 is 3.04 bits per heavy atom. The fourth-order valence-electron chi connectivity index (χ4n) is 2.88. The molecule has 0 saturated carbocycles. The Morgan fingerprint density at radius 1 is 1.33 bits per heavy atom. The maximum Gasteiger partial charge on any atom is 0.230 e. The predicted molar refractivity (Wildman–Crippen MR) is 106 cm³/mol. The molecule has 0 aliphatic carbocycles. The molecule has 8 heteroatoms. The molecule has 0 atom stereocenters. The Bertz CT molecular complexity index is 1000. The maximum absolute atomic E-state index is 12.5. The van der Waals surface area contributed by atoms with Crippen LogP contribution in [0, 0.1) is 0 Å². The van der Waals surface area contributed by atoms with Crippen LogP contribution in [0.2, 0.25) is 5.02 Å². The molecule has 1 N–H and O–H groups in total. The molecule has 4 rings (SSSR count). The molecule has 2 aromatic carbocycles. The van der Waals surface area contributed by atoms with Crippen LogP contribution in [0.25, 0.3) is 10.2 Å². The SMILES string of the molecule is COc1cccc2sc(NC(=O)Cc3cc(Cl)c4c(c3)OCCCO4)nc12. The number of anilines is 1. The van der Waals surface area contributed by atoms with Crippen LogP contribution in [0.1, 0.15) is 12.0 Å². The van der Waals surface area contributed by atoms with Gasteiger partial charge in [0.1, 0.15) is 11.3 Å². The number of para-hydroxylation sites is 1. The maximum atomic E-state index is 12.5. The number of aromatic nitrogens is 1. The smallest absolute Gasteiger partial charge is 0.230 e. The molecule has 140 valence electrons. The first-order valence-electron chi connectivity index (χ1n) is 8.45. The minimum absolute atomic E-state index is 0.156. The molecule has 27 heavy (non-hydrogen) atoms. The number of thiazole rings is 1. The lowest BCUT2D eigenvalue weighted by Crippen LogP contribution is -2.14. The fourth-order valence-corrected chi connectivity index (χ4v) is 4.06. The van der Waals surface area contributed by atoms with Crippen molar-refractivity contribution in [1.29, 1.82) is 0 Å². The number of hydrogen-bond acceptors (Lipinski definition) is 6. The van der Waals surface area contributed by atoms with E-state index in [1.807, 2.05) is 18.2 Å². The summed E-state index contributed by atoms with van der Waals surface area (Å²) in [6.45, 7) is 1.13. The largest absolute Gasteiger partial charge is 0.494 e. The van der Waals surface area contributed by atoms with Crippen LogP contribution in [0.3, 0.4) is 0 Å². The van der Waals surface area contributed by atoms with E-state index >= 15 is 0 Å². The van der Waals surface area contributed by atoms with Gasteiger partial charge in [0.15, 0.2) is 16.6 Å². The quantitative estimate of drug-likeness (QED) is 0.702. The number of carbonyl (C=O) groups excluding carboxylic acids is 1. The highest BCUT2D eigenvalue weighted by atomic mass is 35.5. The van der Waals surface area contributed by atoms with E-state index in [1.165, 1.54) is 11.3 Å². The predicted octanol–water partition coefficient (Wildman–Crippen LogP) is 4.30. The molecule has 0 radical (unpaired) electrons. The van der Waals surface area contributed by atoms with Gasteiger partial charge in [-0.25, -0.2) is 4.98 Å². The number of rotatable bonds is 4. The molecule has 1 amide bonds. The van der Waals surface area contributed by atoms with Crippen LogP contribution in [-0.2, 0) is 11.2 Å². The van der Waals surface area contributed by atoms with Crippen LogP contribution >= 0.6 is 22.9 Å². The molecule has 6 nitrogen and oxygen atoms in total. The number of halogens is 1. The van der Waals surface area contributed by atoms with E-state index in [0.29, 0.717) is 40.6 Å². The van der Waals surface area contributed by atoms with Crippen LogP contribution < -0.4 is 19.5 Å². The van der Waals surface area contributed by atoms with Crippen molar-refractivity contribution in [2.45, 2.75) is 12.8 Å². The number of nitrogens with one attached hydrogen (secondary N) is 1. The van der Waals surface area contributed by atoms with E-state index in [0.717, 1.165) is 22.2 Å². The van der Waals surface area contributed by atoms with E-state index in [1.54, 1.807) is 19.2 Å². The number of carbonyl (C=O) groups is 1. The van der Waals surface area contributed by atoms with Crippen molar-refractivity contribution < 1.29 is 19.0 Å². The summed E-state index contributed by atoms with van der Waals surface area (Å²) in [6.07, 6.45) is 0.950. The number of amides is 1. The molecule has 0 unspecified atom stereocenters. The second kappa shape index (κ2) is 7.62. The van der Waals surface area contributed by atoms with Gasteiger partial charge >= 0.3 is 0 Å². The fraction of sp³-hybridized carbons (Fsp3) is 0.263. The van der Waals surface area contributed by atoms with Crippen molar-refractivity contribution >= 4 is 44.2 Å². The molecule has 2 heterocycles. The Morgan fingerprint density at radius 2 is 2.19 bits per heavy atom. The van der Waals surface area contributed by atoms with Crippen LogP contribution in [0.5, 0.6) is 17.2 Å². The summed E-state index contributed by atoms with van der Waals surface area (Å²) >= 11 is 7.69.